The summed E-state index contributed by atoms with van der Waals surface area (Å²) in [6, 6.07) is 9.70. The number of benzene rings is 1. The minimum absolute atomic E-state index is 0.176. The van der Waals surface area contributed by atoms with E-state index >= 15 is 0 Å². The van der Waals surface area contributed by atoms with Crippen molar-refractivity contribution in [3.05, 3.63) is 60.2 Å². The summed E-state index contributed by atoms with van der Waals surface area (Å²) < 4.78 is 4.55. The number of carboxylic acids is 1. The maximum atomic E-state index is 11.0. The summed E-state index contributed by atoms with van der Waals surface area (Å²) in [4.78, 5) is 20.6. The standard InChI is InChI=1S/C11H12O2.C4H6O2/c1-9(11(12)13-2)8-10-6-4-3-5-7-10;1-3(2)4(5)6/h3-7H,1,8H2,2H3;1H2,2H3,(H,5,6). The van der Waals surface area contributed by atoms with Crippen LogP contribution in [0.3, 0.4) is 0 Å². The van der Waals surface area contributed by atoms with Crippen molar-refractivity contribution in [1.29, 1.82) is 0 Å². The lowest BCUT2D eigenvalue weighted by atomic mass is 10.1. The SMILES string of the molecule is C=C(C)C(=O)O.C=C(Cc1ccccc1)C(=O)OC. The van der Waals surface area contributed by atoms with E-state index in [1.807, 2.05) is 30.3 Å². The summed E-state index contributed by atoms with van der Waals surface area (Å²) in [5.41, 5.74) is 1.72. The van der Waals surface area contributed by atoms with Gasteiger partial charge in [0.05, 0.1) is 7.11 Å². The zero-order valence-electron chi connectivity index (χ0n) is 11.2. The Balaban J connectivity index is 0.000000459. The van der Waals surface area contributed by atoms with E-state index in [1.165, 1.54) is 14.0 Å². The predicted octanol–water partition coefficient (Wildman–Crippen LogP) is 2.61. The maximum absolute atomic E-state index is 11.0. The Bertz CT molecular complexity index is 448. The third kappa shape index (κ3) is 7.54. The highest BCUT2D eigenvalue weighted by atomic mass is 16.5. The van der Waals surface area contributed by atoms with Crippen molar-refractivity contribution in [3.8, 4) is 0 Å². The molecule has 0 radical (unpaired) electrons. The van der Waals surface area contributed by atoms with Crippen LogP contribution in [0.15, 0.2) is 54.6 Å². The van der Waals surface area contributed by atoms with Crippen molar-refractivity contribution in [2.24, 2.45) is 0 Å². The maximum Gasteiger partial charge on any atom is 0.333 e. The molecule has 0 spiro atoms. The molecule has 0 unspecified atom stereocenters. The second-order valence-electron chi connectivity index (χ2n) is 3.84. The lowest BCUT2D eigenvalue weighted by molar-refractivity contribution is -0.136. The van der Waals surface area contributed by atoms with Crippen LogP contribution in [0, 0.1) is 0 Å². The highest BCUT2D eigenvalue weighted by Gasteiger charge is 2.06. The lowest BCUT2D eigenvalue weighted by Gasteiger charge is -2.02. The fourth-order valence-corrected chi connectivity index (χ4v) is 1.06. The van der Waals surface area contributed by atoms with Gasteiger partial charge in [-0.2, -0.15) is 0 Å². The van der Waals surface area contributed by atoms with Gasteiger partial charge in [-0.25, -0.2) is 9.59 Å². The van der Waals surface area contributed by atoms with E-state index in [4.69, 9.17) is 5.11 Å². The van der Waals surface area contributed by atoms with Crippen molar-refractivity contribution < 1.29 is 19.4 Å². The number of esters is 1. The molecule has 102 valence electrons. The Kier molecular flexibility index (Phi) is 7.61. The van der Waals surface area contributed by atoms with Gasteiger partial charge in [0.1, 0.15) is 0 Å². The average Bonchev–Trinajstić information content (AvgIpc) is 2.39. The molecule has 0 saturated carbocycles. The third-order valence-electron chi connectivity index (χ3n) is 2.10. The molecule has 0 amide bonds. The molecule has 0 aromatic heterocycles. The Morgan fingerprint density at radius 1 is 1.21 bits per heavy atom. The molecule has 1 aromatic carbocycles. The van der Waals surface area contributed by atoms with Gasteiger partial charge in [-0.05, 0) is 12.5 Å². The van der Waals surface area contributed by atoms with E-state index in [-0.39, 0.29) is 11.5 Å². The van der Waals surface area contributed by atoms with E-state index < -0.39 is 5.97 Å². The summed E-state index contributed by atoms with van der Waals surface area (Å²) in [6.07, 6.45) is 0.549. The number of hydrogen-bond donors (Lipinski definition) is 1. The molecule has 0 bridgehead atoms. The zero-order valence-corrected chi connectivity index (χ0v) is 11.2. The Morgan fingerprint density at radius 3 is 2.05 bits per heavy atom. The van der Waals surface area contributed by atoms with Gasteiger partial charge in [0.2, 0.25) is 0 Å². The van der Waals surface area contributed by atoms with Crippen LogP contribution in [-0.2, 0) is 20.7 Å². The molecule has 0 saturated heterocycles. The van der Waals surface area contributed by atoms with Crippen molar-refractivity contribution in [3.63, 3.8) is 0 Å². The summed E-state index contributed by atoms with van der Waals surface area (Å²) in [6.45, 7) is 8.25. The van der Waals surface area contributed by atoms with E-state index in [1.54, 1.807) is 0 Å². The lowest BCUT2D eigenvalue weighted by Crippen LogP contribution is -2.05. The Hall–Kier alpha value is -2.36. The number of carboxylic acid groups (broad SMARTS) is 1. The quantitative estimate of drug-likeness (QED) is 0.669. The fraction of sp³-hybridized carbons (Fsp3) is 0.200. The molecule has 1 aromatic rings. The molecule has 4 heteroatoms. The van der Waals surface area contributed by atoms with Gasteiger partial charge >= 0.3 is 11.9 Å². The molecule has 1 rings (SSSR count). The van der Waals surface area contributed by atoms with Crippen molar-refractivity contribution in [2.45, 2.75) is 13.3 Å². The van der Waals surface area contributed by atoms with Crippen molar-refractivity contribution in [1.82, 2.24) is 0 Å². The number of hydrogen-bond acceptors (Lipinski definition) is 3. The Morgan fingerprint density at radius 2 is 1.68 bits per heavy atom. The number of ether oxygens (including phenoxy) is 1. The third-order valence-corrected chi connectivity index (χ3v) is 2.10. The number of carbonyl (C=O) groups is 2. The van der Waals surface area contributed by atoms with Gasteiger partial charge in [-0.1, -0.05) is 43.5 Å². The molecule has 1 N–H and O–H groups in total. The monoisotopic (exact) mass is 262 g/mol. The second-order valence-corrected chi connectivity index (χ2v) is 3.84. The molecule has 4 nitrogen and oxygen atoms in total. The first-order valence-corrected chi connectivity index (χ1v) is 5.57. The number of rotatable bonds is 4. The van der Waals surface area contributed by atoms with Crippen LogP contribution >= 0.6 is 0 Å². The van der Waals surface area contributed by atoms with Crippen LogP contribution in [-0.4, -0.2) is 24.2 Å². The van der Waals surface area contributed by atoms with Crippen LogP contribution in [0.4, 0.5) is 0 Å². The molecule has 0 heterocycles. The van der Waals surface area contributed by atoms with E-state index in [2.05, 4.69) is 17.9 Å². The predicted molar refractivity (Wildman–Crippen MR) is 73.8 cm³/mol. The number of methoxy groups -OCH3 is 1. The molecule has 0 aliphatic rings. The summed E-state index contributed by atoms with van der Waals surface area (Å²) in [5.74, 6) is -1.28. The normalized spacial score (nSPS) is 8.74. The smallest absolute Gasteiger partial charge is 0.333 e. The molecule has 0 aliphatic heterocycles. The number of carbonyl (C=O) groups excluding carboxylic acids is 1. The van der Waals surface area contributed by atoms with Crippen LogP contribution < -0.4 is 0 Å². The molecule has 0 aliphatic carbocycles. The van der Waals surface area contributed by atoms with Gasteiger partial charge in [0.15, 0.2) is 0 Å². The highest BCUT2D eigenvalue weighted by molar-refractivity contribution is 5.88. The van der Waals surface area contributed by atoms with Gasteiger partial charge in [0.25, 0.3) is 0 Å². The van der Waals surface area contributed by atoms with Gasteiger partial charge in [-0.3, -0.25) is 0 Å². The minimum atomic E-state index is -0.935. The summed E-state index contributed by atoms with van der Waals surface area (Å²) >= 11 is 0. The first-order valence-electron chi connectivity index (χ1n) is 5.57. The molecule has 0 fully saturated rings. The second kappa shape index (κ2) is 8.69. The van der Waals surface area contributed by atoms with E-state index in [0.29, 0.717) is 12.0 Å². The number of aliphatic carboxylic acids is 1. The van der Waals surface area contributed by atoms with Crippen LogP contribution in [0.2, 0.25) is 0 Å². The molecule has 19 heavy (non-hydrogen) atoms. The highest BCUT2D eigenvalue weighted by Crippen LogP contribution is 2.06. The van der Waals surface area contributed by atoms with Gasteiger partial charge in [0, 0.05) is 17.6 Å². The molecular formula is C15H18O4. The van der Waals surface area contributed by atoms with Gasteiger partial charge < -0.3 is 9.84 Å². The van der Waals surface area contributed by atoms with Crippen LogP contribution in [0.25, 0.3) is 0 Å². The molecule has 0 atom stereocenters. The van der Waals surface area contributed by atoms with Crippen molar-refractivity contribution in [2.75, 3.05) is 7.11 Å². The summed E-state index contributed by atoms with van der Waals surface area (Å²) in [7, 11) is 1.36. The largest absolute Gasteiger partial charge is 0.478 e. The Labute approximate surface area is 113 Å². The first-order chi connectivity index (χ1) is 8.88. The fourth-order valence-electron chi connectivity index (χ4n) is 1.06. The molecular weight excluding hydrogens is 244 g/mol. The minimum Gasteiger partial charge on any atom is -0.478 e. The summed E-state index contributed by atoms with van der Waals surface area (Å²) in [5, 5.41) is 7.89. The van der Waals surface area contributed by atoms with Crippen LogP contribution in [0.5, 0.6) is 0 Å². The zero-order chi connectivity index (χ0) is 14.8. The van der Waals surface area contributed by atoms with Crippen LogP contribution in [0.1, 0.15) is 12.5 Å². The topological polar surface area (TPSA) is 63.6 Å². The van der Waals surface area contributed by atoms with Gasteiger partial charge in [-0.15, -0.1) is 0 Å². The average molecular weight is 262 g/mol. The first kappa shape index (κ1) is 16.6. The van der Waals surface area contributed by atoms with Crippen molar-refractivity contribution >= 4 is 11.9 Å². The van der Waals surface area contributed by atoms with E-state index in [0.717, 1.165) is 5.56 Å². The van der Waals surface area contributed by atoms with E-state index in [9.17, 15) is 9.59 Å².